The summed E-state index contributed by atoms with van der Waals surface area (Å²) in [5.74, 6) is 0.740. The largest absolute Gasteiger partial charge is 0.383 e. The van der Waals surface area contributed by atoms with Crippen molar-refractivity contribution in [2.45, 2.75) is 44.0 Å². The Balaban J connectivity index is 1.92. The maximum atomic E-state index is 13.1. The molecule has 1 aromatic heterocycles. The number of thioether (sulfide) groups is 1. The number of benzene rings is 2. The minimum atomic E-state index is -0.0897. The van der Waals surface area contributed by atoms with Gasteiger partial charge in [0.05, 0.1) is 26.5 Å². The first-order valence-electron chi connectivity index (χ1n) is 9.50. The van der Waals surface area contributed by atoms with E-state index in [1.54, 1.807) is 17.8 Å². The van der Waals surface area contributed by atoms with E-state index >= 15 is 0 Å². The third-order valence-corrected chi connectivity index (χ3v) is 6.86. The van der Waals surface area contributed by atoms with Gasteiger partial charge in [-0.2, -0.15) is 0 Å². The summed E-state index contributed by atoms with van der Waals surface area (Å²) >= 11 is 11.4. The molecule has 0 saturated heterocycles. The molecule has 0 saturated carbocycles. The minimum Gasteiger partial charge on any atom is -0.383 e. The molecule has 0 aliphatic carbocycles. The van der Waals surface area contributed by atoms with Crippen molar-refractivity contribution in [2.75, 3.05) is 5.32 Å². The van der Waals surface area contributed by atoms with E-state index in [-0.39, 0.29) is 5.43 Å². The summed E-state index contributed by atoms with van der Waals surface area (Å²) in [5, 5.41) is 5.20. The van der Waals surface area contributed by atoms with Crippen LogP contribution in [0.5, 0.6) is 0 Å². The Kier molecular flexibility index (Phi) is 7.14. The molecule has 0 amide bonds. The second kappa shape index (κ2) is 9.41. The highest BCUT2D eigenvalue weighted by molar-refractivity contribution is 9.10. The molecule has 1 heterocycles. The van der Waals surface area contributed by atoms with Gasteiger partial charge in [-0.3, -0.25) is 4.79 Å². The third-order valence-electron chi connectivity index (χ3n) is 4.81. The number of allylic oxidation sites excluding steroid dienone is 1. The van der Waals surface area contributed by atoms with E-state index in [2.05, 4.69) is 70.9 Å². The van der Waals surface area contributed by atoms with Crippen molar-refractivity contribution >= 4 is 61.5 Å². The van der Waals surface area contributed by atoms with Crippen molar-refractivity contribution in [2.24, 2.45) is 0 Å². The number of pyridine rings is 1. The molecule has 3 nitrogen and oxygen atoms in total. The van der Waals surface area contributed by atoms with Crippen molar-refractivity contribution < 1.29 is 0 Å². The van der Waals surface area contributed by atoms with Crippen molar-refractivity contribution in [3.8, 4) is 0 Å². The fourth-order valence-corrected chi connectivity index (χ4v) is 4.80. The van der Waals surface area contributed by atoms with E-state index in [9.17, 15) is 4.79 Å². The Morgan fingerprint density at radius 3 is 2.59 bits per heavy atom. The zero-order valence-electron chi connectivity index (χ0n) is 16.7. The lowest BCUT2D eigenvalue weighted by Gasteiger charge is -2.14. The van der Waals surface area contributed by atoms with Crippen molar-refractivity contribution in [1.29, 1.82) is 0 Å². The maximum Gasteiger partial charge on any atom is 0.199 e. The molecular formula is C23H24BrClN2OS. The number of aromatic nitrogens is 1. The molecule has 0 bridgehead atoms. The first-order valence-corrected chi connectivity index (χ1v) is 11.7. The van der Waals surface area contributed by atoms with E-state index in [0.717, 1.165) is 32.9 Å². The van der Waals surface area contributed by atoms with Crippen LogP contribution in [0.15, 0.2) is 57.3 Å². The first-order chi connectivity index (χ1) is 13.8. The summed E-state index contributed by atoms with van der Waals surface area (Å²) < 4.78 is 0.810. The topological polar surface area (TPSA) is 44.9 Å². The quantitative estimate of drug-likeness (QED) is 0.337. The number of anilines is 1. The van der Waals surface area contributed by atoms with Gasteiger partial charge in [-0.05, 0) is 71.6 Å². The van der Waals surface area contributed by atoms with Crippen LogP contribution in [0.1, 0.15) is 38.3 Å². The Labute approximate surface area is 189 Å². The van der Waals surface area contributed by atoms with Gasteiger partial charge in [0.2, 0.25) is 0 Å². The number of rotatable bonds is 7. The molecule has 152 valence electrons. The lowest BCUT2D eigenvalue weighted by molar-refractivity contribution is 0.764. The second-order valence-corrected chi connectivity index (χ2v) is 9.40. The lowest BCUT2D eigenvalue weighted by atomic mass is 10.1. The summed E-state index contributed by atoms with van der Waals surface area (Å²) in [4.78, 5) is 16.5. The summed E-state index contributed by atoms with van der Waals surface area (Å²) in [7, 11) is 0. The monoisotopic (exact) mass is 490 g/mol. The van der Waals surface area contributed by atoms with Crippen LogP contribution in [-0.4, -0.2) is 11.0 Å². The average Bonchev–Trinajstić information content (AvgIpc) is 2.69. The van der Waals surface area contributed by atoms with Crippen molar-refractivity contribution in [1.82, 2.24) is 4.98 Å². The van der Waals surface area contributed by atoms with Crippen LogP contribution < -0.4 is 10.7 Å². The van der Waals surface area contributed by atoms with E-state index in [1.165, 1.54) is 5.56 Å². The van der Waals surface area contributed by atoms with Crippen molar-refractivity contribution in [3.05, 3.63) is 73.8 Å². The standard InChI is InChI=1S/C23H24BrClN2OS/c1-5-14(4)26-16-8-6-15(7-9-16)12-29-23-19(13(2)3)22(28)20-18(25)11-10-17(24)21(20)27-23/h6-11,14,26H,2,5,12H2,1,3-4H3,(H,27,28). The van der Waals surface area contributed by atoms with Gasteiger partial charge in [-0.25, -0.2) is 0 Å². The van der Waals surface area contributed by atoms with Crippen LogP contribution in [-0.2, 0) is 5.75 Å². The molecule has 0 radical (unpaired) electrons. The predicted molar refractivity (Wildman–Crippen MR) is 131 cm³/mol. The number of halogens is 2. The molecule has 0 aliphatic rings. The highest BCUT2D eigenvalue weighted by Gasteiger charge is 2.17. The van der Waals surface area contributed by atoms with Crippen LogP contribution in [0.4, 0.5) is 5.69 Å². The number of hydrogen-bond acceptors (Lipinski definition) is 3. The van der Waals surface area contributed by atoms with E-state index in [1.807, 2.05) is 13.0 Å². The fourth-order valence-electron chi connectivity index (χ4n) is 3.04. The van der Waals surface area contributed by atoms with E-state index < -0.39 is 0 Å². The van der Waals surface area contributed by atoms with Crippen LogP contribution in [0.25, 0.3) is 16.5 Å². The Morgan fingerprint density at radius 2 is 1.97 bits per heavy atom. The predicted octanol–water partition coefficient (Wildman–Crippen LogP) is 7.48. The van der Waals surface area contributed by atoms with Gasteiger partial charge in [0, 0.05) is 22.0 Å². The molecule has 2 aromatic carbocycles. The molecule has 6 heteroatoms. The van der Waals surface area contributed by atoms with Crippen molar-refractivity contribution in [3.63, 3.8) is 0 Å². The Bertz CT molecular complexity index is 1110. The smallest absolute Gasteiger partial charge is 0.199 e. The van der Waals surface area contributed by atoms with E-state index in [0.29, 0.717) is 27.5 Å². The SMILES string of the molecule is C=C(C)c1c(SCc2ccc(NC(C)CC)cc2)[nH]c2c(Br)ccc(Cl)c2c1=O. The fraction of sp³-hybridized carbons (Fsp3) is 0.261. The molecule has 0 aliphatic heterocycles. The molecule has 1 atom stereocenters. The first kappa shape index (κ1) is 22.0. The highest BCUT2D eigenvalue weighted by atomic mass is 79.9. The summed E-state index contributed by atoms with van der Waals surface area (Å²) in [6, 6.07) is 12.4. The maximum absolute atomic E-state index is 13.1. The number of aromatic amines is 1. The number of H-pyrrole nitrogens is 1. The molecule has 29 heavy (non-hydrogen) atoms. The Hall–Kier alpha value is -1.69. The molecule has 3 rings (SSSR count). The van der Waals surface area contributed by atoms with Gasteiger partial charge in [-0.1, -0.05) is 37.2 Å². The molecule has 1 unspecified atom stereocenters. The summed E-state index contributed by atoms with van der Waals surface area (Å²) in [5.41, 5.74) is 4.24. The number of nitrogens with one attached hydrogen (secondary N) is 2. The van der Waals surface area contributed by atoms with Gasteiger partial charge >= 0.3 is 0 Å². The normalized spacial score (nSPS) is 12.2. The van der Waals surface area contributed by atoms with Crippen LogP contribution in [0, 0.1) is 0 Å². The number of fused-ring (bicyclic) bond motifs is 1. The Morgan fingerprint density at radius 1 is 1.28 bits per heavy atom. The summed E-state index contributed by atoms with van der Waals surface area (Å²) in [6.07, 6.45) is 1.08. The zero-order chi connectivity index (χ0) is 21.1. The number of hydrogen-bond donors (Lipinski definition) is 2. The van der Waals surface area contributed by atoms with Gasteiger partial charge in [0.1, 0.15) is 0 Å². The van der Waals surface area contributed by atoms with Gasteiger partial charge in [0.15, 0.2) is 5.43 Å². The molecule has 3 aromatic rings. The van der Waals surface area contributed by atoms with Gasteiger partial charge < -0.3 is 10.3 Å². The van der Waals surface area contributed by atoms with E-state index in [4.69, 9.17) is 11.6 Å². The molecular weight excluding hydrogens is 468 g/mol. The lowest BCUT2D eigenvalue weighted by Crippen LogP contribution is -2.13. The zero-order valence-corrected chi connectivity index (χ0v) is 19.9. The average molecular weight is 492 g/mol. The van der Waals surface area contributed by atoms with Gasteiger partial charge in [0.25, 0.3) is 0 Å². The van der Waals surface area contributed by atoms with Crippen LogP contribution in [0.2, 0.25) is 5.02 Å². The molecule has 2 N–H and O–H groups in total. The molecule has 0 spiro atoms. The second-order valence-electron chi connectivity index (χ2n) is 7.16. The van der Waals surface area contributed by atoms with Crippen LogP contribution in [0.3, 0.4) is 0 Å². The minimum absolute atomic E-state index is 0.0897. The highest BCUT2D eigenvalue weighted by Crippen LogP contribution is 2.33. The summed E-state index contributed by atoms with van der Waals surface area (Å²) in [6.45, 7) is 10.2. The van der Waals surface area contributed by atoms with Crippen LogP contribution >= 0.6 is 39.3 Å². The molecule has 0 fully saturated rings. The van der Waals surface area contributed by atoms with Gasteiger partial charge in [-0.15, -0.1) is 11.8 Å². The third kappa shape index (κ3) is 4.90.